The van der Waals surface area contributed by atoms with Crippen molar-refractivity contribution in [3.8, 4) is 5.75 Å². The summed E-state index contributed by atoms with van der Waals surface area (Å²) in [4.78, 5) is 12.1. The molecule has 1 aromatic carbocycles. The SMILES string of the molecule is CCCCCCCCCCCCOC(=O)c1ccc(OCCCCCC)cc1.N. The molecule has 0 radical (unpaired) electrons. The summed E-state index contributed by atoms with van der Waals surface area (Å²) in [6, 6.07) is 7.30. The number of carbonyl (C=O) groups excluding carboxylic acids is 1. The van der Waals surface area contributed by atoms with Gasteiger partial charge in [0.1, 0.15) is 5.75 Å². The zero-order chi connectivity index (χ0) is 20.3. The van der Waals surface area contributed by atoms with Crippen molar-refractivity contribution in [2.45, 2.75) is 104 Å². The van der Waals surface area contributed by atoms with Crippen molar-refractivity contribution in [2.75, 3.05) is 13.2 Å². The molecule has 0 heterocycles. The van der Waals surface area contributed by atoms with Crippen LogP contribution in [0.4, 0.5) is 0 Å². The first-order valence-corrected chi connectivity index (χ1v) is 11.7. The van der Waals surface area contributed by atoms with Crippen molar-refractivity contribution in [1.82, 2.24) is 6.15 Å². The van der Waals surface area contributed by atoms with Crippen LogP contribution in [0.15, 0.2) is 24.3 Å². The van der Waals surface area contributed by atoms with Gasteiger partial charge in [0, 0.05) is 0 Å². The molecule has 4 heteroatoms. The Morgan fingerprint density at radius 2 is 1.10 bits per heavy atom. The second kappa shape index (κ2) is 19.8. The van der Waals surface area contributed by atoms with Crippen LogP contribution in [0.2, 0.25) is 0 Å². The van der Waals surface area contributed by atoms with E-state index in [1.54, 1.807) is 12.1 Å². The van der Waals surface area contributed by atoms with Crippen molar-refractivity contribution in [2.24, 2.45) is 0 Å². The normalized spacial score (nSPS) is 10.4. The van der Waals surface area contributed by atoms with Gasteiger partial charge in [-0.25, -0.2) is 4.79 Å². The molecule has 0 unspecified atom stereocenters. The Labute approximate surface area is 179 Å². The Hall–Kier alpha value is -1.55. The van der Waals surface area contributed by atoms with Gasteiger partial charge in [-0.15, -0.1) is 0 Å². The molecule has 0 aliphatic heterocycles. The van der Waals surface area contributed by atoms with Gasteiger partial charge in [0.25, 0.3) is 0 Å². The first-order chi connectivity index (χ1) is 13.8. The summed E-state index contributed by atoms with van der Waals surface area (Å²) in [6.07, 6.45) is 17.6. The predicted octanol–water partition coefficient (Wildman–Crippen LogP) is 7.89. The average molecular weight is 408 g/mol. The fourth-order valence-corrected chi connectivity index (χ4v) is 3.24. The molecule has 29 heavy (non-hydrogen) atoms. The number of unbranched alkanes of at least 4 members (excludes halogenated alkanes) is 12. The smallest absolute Gasteiger partial charge is 0.338 e. The minimum atomic E-state index is -0.231. The third-order valence-electron chi connectivity index (χ3n) is 5.09. The number of hydrogen-bond donors (Lipinski definition) is 1. The number of rotatable bonds is 18. The summed E-state index contributed by atoms with van der Waals surface area (Å²) in [6.45, 7) is 5.72. The fourth-order valence-electron chi connectivity index (χ4n) is 3.24. The van der Waals surface area contributed by atoms with Gasteiger partial charge in [-0.2, -0.15) is 0 Å². The summed E-state index contributed by atoms with van der Waals surface area (Å²) in [5.41, 5.74) is 0.602. The molecular weight excluding hydrogens is 362 g/mol. The quantitative estimate of drug-likeness (QED) is 0.198. The summed E-state index contributed by atoms with van der Waals surface area (Å²) in [5, 5.41) is 0. The van der Waals surface area contributed by atoms with E-state index in [2.05, 4.69) is 13.8 Å². The first kappa shape index (κ1) is 27.5. The van der Waals surface area contributed by atoms with Gasteiger partial charge in [-0.1, -0.05) is 90.9 Å². The maximum absolute atomic E-state index is 12.1. The second-order valence-electron chi connectivity index (χ2n) is 7.75. The van der Waals surface area contributed by atoms with Crippen molar-refractivity contribution in [1.29, 1.82) is 0 Å². The molecule has 0 aliphatic carbocycles. The van der Waals surface area contributed by atoms with Crippen LogP contribution in [0, 0.1) is 0 Å². The summed E-state index contributed by atoms with van der Waals surface area (Å²) in [5.74, 6) is 0.591. The number of ether oxygens (including phenoxy) is 2. The Morgan fingerprint density at radius 3 is 1.66 bits per heavy atom. The van der Waals surface area contributed by atoms with Crippen molar-refractivity contribution in [3.63, 3.8) is 0 Å². The molecule has 1 rings (SSSR count). The molecular formula is C25H45NO3. The third kappa shape index (κ3) is 15.0. The highest BCUT2D eigenvalue weighted by atomic mass is 16.5. The van der Waals surface area contributed by atoms with Crippen LogP contribution in [-0.4, -0.2) is 19.2 Å². The minimum Gasteiger partial charge on any atom is -0.494 e. The Balaban J connectivity index is 0.00000784. The topological polar surface area (TPSA) is 70.5 Å². The van der Waals surface area contributed by atoms with Gasteiger partial charge < -0.3 is 15.6 Å². The van der Waals surface area contributed by atoms with E-state index >= 15 is 0 Å². The summed E-state index contributed by atoms with van der Waals surface area (Å²) >= 11 is 0. The van der Waals surface area contributed by atoms with Crippen molar-refractivity contribution < 1.29 is 14.3 Å². The molecule has 0 fully saturated rings. The van der Waals surface area contributed by atoms with Gasteiger partial charge in [0.2, 0.25) is 0 Å². The lowest BCUT2D eigenvalue weighted by Crippen LogP contribution is -2.06. The molecule has 4 nitrogen and oxygen atoms in total. The number of carbonyl (C=O) groups is 1. The van der Waals surface area contributed by atoms with Crippen LogP contribution in [0.1, 0.15) is 114 Å². The second-order valence-corrected chi connectivity index (χ2v) is 7.75. The molecule has 3 N–H and O–H groups in total. The highest BCUT2D eigenvalue weighted by Crippen LogP contribution is 2.14. The van der Waals surface area contributed by atoms with E-state index in [4.69, 9.17) is 9.47 Å². The third-order valence-corrected chi connectivity index (χ3v) is 5.09. The van der Waals surface area contributed by atoms with E-state index in [1.807, 2.05) is 12.1 Å². The summed E-state index contributed by atoms with van der Waals surface area (Å²) < 4.78 is 11.1. The molecule has 0 bridgehead atoms. The lowest BCUT2D eigenvalue weighted by molar-refractivity contribution is 0.0497. The largest absolute Gasteiger partial charge is 0.494 e. The van der Waals surface area contributed by atoms with Crippen LogP contribution < -0.4 is 10.9 Å². The Morgan fingerprint density at radius 1 is 0.655 bits per heavy atom. The summed E-state index contributed by atoms with van der Waals surface area (Å²) in [7, 11) is 0. The number of hydrogen-bond acceptors (Lipinski definition) is 4. The van der Waals surface area contributed by atoms with Crippen LogP contribution in [-0.2, 0) is 4.74 Å². The van der Waals surface area contributed by atoms with E-state index in [9.17, 15) is 4.79 Å². The van der Waals surface area contributed by atoms with Gasteiger partial charge >= 0.3 is 5.97 Å². The molecule has 0 amide bonds. The van der Waals surface area contributed by atoms with Crippen LogP contribution in [0.3, 0.4) is 0 Å². The lowest BCUT2D eigenvalue weighted by atomic mass is 10.1. The van der Waals surface area contributed by atoms with Crippen LogP contribution in [0.25, 0.3) is 0 Å². The van der Waals surface area contributed by atoms with Gasteiger partial charge in [-0.3, -0.25) is 0 Å². The van der Waals surface area contributed by atoms with E-state index in [0.717, 1.165) is 31.6 Å². The fraction of sp³-hybridized carbons (Fsp3) is 0.720. The van der Waals surface area contributed by atoms with Crippen molar-refractivity contribution >= 4 is 5.97 Å². The number of esters is 1. The molecule has 0 saturated carbocycles. The Bertz CT molecular complexity index is 487. The molecule has 0 atom stereocenters. The standard InChI is InChI=1S/C25H42O3.H3N/c1-3-5-7-9-10-11-12-13-14-16-22-28-25(26)23-17-19-24(20-18-23)27-21-15-8-6-4-2;/h17-20H,3-16,21-22H2,1-2H3;1H3. The van der Waals surface area contributed by atoms with Crippen LogP contribution >= 0.6 is 0 Å². The lowest BCUT2D eigenvalue weighted by Gasteiger charge is -2.08. The molecule has 0 spiro atoms. The van der Waals surface area contributed by atoms with E-state index in [1.165, 1.54) is 70.6 Å². The zero-order valence-corrected chi connectivity index (χ0v) is 19.1. The highest BCUT2D eigenvalue weighted by Gasteiger charge is 2.07. The minimum absolute atomic E-state index is 0. The van der Waals surface area contributed by atoms with Gasteiger partial charge in [0.05, 0.1) is 18.8 Å². The van der Waals surface area contributed by atoms with Crippen molar-refractivity contribution in [3.05, 3.63) is 29.8 Å². The van der Waals surface area contributed by atoms with E-state index in [0.29, 0.717) is 12.2 Å². The highest BCUT2D eigenvalue weighted by molar-refractivity contribution is 5.89. The first-order valence-electron chi connectivity index (χ1n) is 11.7. The van der Waals surface area contributed by atoms with Crippen LogP contribution in [0.5, 0.6) is 5.75 Å². The zero-order valence-electron chi connectivity index (χ0n) is 19.1. The number of benzene rings is 1. The monoisotopic (exact) mass is 407 g/mol. The van der Waals surface area contributed by atoms with E-state index in [-0.39, 0.29) is 12.1 Å². The predicted molar refractivity (Wildman–Crippen MR) is 123 cm³/mol. The van der Waals surface area contributed by atoms with E-state index < -0.39 is 0 Å². The molecule has 168 valence electrons. The molecule has 0 aliphatic rings. The molecule has 0 aromatic heterocycles. The average Bonchev–Trinajstić information content (AvgIpc) is 2.72. The van der Waals surface area contributed by atoms with Gasteiger partial charge in [0.15, 0.2) is 0 Å². The molecule has 1 aromatic rings. The maximum atomic E-state index is 12.1. The Kier molecular flexibility index (Phi) is 18.7. The molecule has 0 saturated heterocycles. The maximum Gasteiger partial charge on any atom is 0.338 e. The van der Waals surface area contributed by atoms with Gasteiger partial charge in [-0.05, 0) is 37.1 Å².